The lowest BCUT2D eigenvalue weighted by Crippen LogP contribution is -2.00. The third-order valence-corrected chi connectivity index (χ3v) is 5.17. The zero-order valence-corrected chi connectivity index (χ0v) is 14.7. The largest absolute Gasteiger partial charge is 0.744 e. The van der Waals surface area contributed by atoms with E-state index in [-0.39, 0.29) is 22.5 Å². The molecule has 0 saturated heterocycles. The van der Waals surface area contributed by atoms with Gasteiger partial charge >= 0.3 is 0 Å². The Hall–Kier alpha value is -3.29. The van der Waals surface area contributed by atoms with Crippen molar-refractivity contribution in [1.82, 2.24) is 0 Å². The summed E-state index contributed by atoms with van der Waals surface area (Å²) in [7, 11) is -4.78. The number of nitrogens with zero attached hydrogens (tertiary/aromatic N) is 2. The van der Waals surface area contributed by atoms with Gasteiger partial charge in [-0.1, -0.05) is 60.7 Å². The zero-order chi connectivity index (χ0) is 19.0. The molecule has 0 aliphatic heterocycles. The average molecular weight is 377 g/mol. The molecule has 1 N–H and O–H groups in total. The number of hydrogen-bond acceptors (Lipinski definition) is 6. The maximum absolute atomic E-state index is 11.9. The normalized spacial score (nSPS) is 12.2. The van der Waals surface area contributed by atoms with Crippen LogP contribution in [-0.2, 0) is 10.1 Å². The first-order valence-corrected chi connectivity index (χ1v) is 9.46. The second kappa shape index (κ2) is 6.46. The molecule has 0 radical (unpaired) electrons. The predicted molar refractivity (Wildman–Crippen MR) is 102 cm³/mol. The van der Waals surface area contributed by atoms with Gasteiger partial charge in [0.15, 0.2) is 0 Å². The van der Waals surface area contributed by atoms with E-state index in [2.05, 4.69) is 10.2 Å². The fraction of sp³-hybridized carbons (Fsp3) is 0. The Labute approximate surface area is 155 Å². The predicted octanol–water partition coefficient (Wildman–Crippen LogP) is 5.02. The maximum atomic E-state index is 11.9. The monoisotopic (exact) mass is 377 g/mol. The quantitative estimate of drug-likeness (QED) is 0.400. The van der Waals surface area contributed by atoms with Crippen LogP contribution in [0.25, 0.3) is 21.5 Å². The molecule has 0 spiro atoms. The van der Waals surface area contributed by atoms with Crippen LogP contribution in [0.5, 0.6) is 5.75 Å². The van der Waals surface area contributed by atoms with Crippen molar-refractivity contribution in [3.05, 3.63) is 72.8 Å². The summed E-state index contributed by atoms with van der Waals surface area (Å²) in [5.74, 6) is -0.0928. The molecule has 7 heteroatoms. The summed E-state index contributed by atoms with van der Waals surface area (Å²) >= 11 is 0. The summed E-state index contributed by atoms with van der Waals surface area (Å²) in [6.07, 6.45) is 0. The van der Waals surface area contributed by atoms with E-state index >= 15 is 0 Å². The Morgan fingerprint density at radius 1 is 0.741 bits per heavy atom. The zero-order valence-electron chi connectivity index (χ0n) is 13.9. The van der Waals surface area contributed by atoms with E-state index in [0.717, 1.165) is 5.39 Å². The molecular formula is C20H13N2O4S-. The van der Waals surface area contributed by atoms with E-state index in [1.54, 1.807) is 48.5 Å². The van der Waals surface area contributed by atoms with Gasteiger partial charge in [-0.05, 0) is 22.9 Å². The van der Waals surface area contributed by atoms with Crippen LogP contribution in [0, 0.1) is 0 Å². The minimum Gasteiger partial charge on any atom is -0.744 e. The number of rotatable bonds is 3. The molecule has 0 saturated carbocycles. The lowest BCUT2D eigenvalue weighted by Gasteiger charge is -2.13. The minimum atomic E-state index is -4.78. The highest BCUT2D eigenvalue weighted by molar-refractivity contribution is 7.86. The molecule has 0 fully saturated rings. The van der Waals surface area contributed by atoms with Gasteiger partial charge in [0.2, 0.25) is 0 Å². The number of azo groups is 1. The van der Waals surface area contributed by atoms with E-state index in [9.17, 15) is 18.1 Å². The van der Waals surface area contributed by atoms with E-state index in [0.29, 0.717) is 10.8 Å². The highest BCUT2D eigenvalue weighted by Crippen LogP contribution is 2.38. The van der Waals surface area contributed by atoms with Crippen LogP contribution in [0.15, 0.2) is 87.9 Å². The molecule has 0 bridgehead atoms. The van der Waals surface area contributed by atoms with Crippen molar-refractivity contribution in [2.75, 3.05) is 0 Å². The highest BCUT2D eigenvalue weighted by atomic mass is 32.2. The second-order valence-corrected chi connectivity index (χ2v) is 7.26. The summed E-state index contributed by atoms with van der Waals surface area (Å²) in [6.45, 7) is 0. The molecule has 6 nitrogen and oxygen atoms in total. The highest BCUT2D eigenvalue weighted by Gasteiger charge is 2.14. The number of phenols is 1. The van der Waals surface area contributed by atoms with E-state index in [1.165, 1.54) is 12.1 Å². The van der Waals surface area contributed by atoms with E-state index in [4.69, 9.17) is 0 Å². The molecule has 4 aromatic rings. The SMILES string of the molecule is O=S(=O)([O-])c1c(N=Nc2c(O)ccc3ccccc23)ccc2ccccc12. The smallest absolute Gasteiger partial charge is 0.143 e. The molecule has 0 aromatic heterocycles. The Kier molecular flexibility index (Phi) is 4.10. The first-order valence-electron chi connectivity index (χ1n) is 8.05. The summed E-state index contributed by atoms with van der Waals surface area (Å²) in [4.78, 5) is -0.427. The summed E-state index contributed by atoms with van der Waals surface area (Å²) in [5.41, 5.74) is 0.131. The Morgan fingerprint density at radius 3 is 2.04 bits per heavy atom. The van der Waals surface area contributed by atoms with Gasteiger partial charge in [-0.15, -0.1) is 10.2 Å². The standard InChI is InChI=1S/C20H14N2O4S/c23-18-12-10-13-5-1-3-7-15(13)19(18)22-21-17-11-9-14-6-2-4-8-16(14)20(17)27(24,25)26/h1-12,23H,(H,24,25,26)/p-1. The molecular weight excluding hydrogens is 364 g/mol. The molecule has 4 aromatic carbocycles. The van der Waals surface area contributed by atoms with Crippen molar-refractivity contribution in [2.45, 2.75) is 4.90 Å². The molecule has 0 heterocycles. The van der Waals surface area contributed by atoms with Crippen molar-refractivity contribution >= 4 is 43.0 Å². The lowest BCUT2D eigenvalue weighted by atomic mass is 10.1. The molecule has 0 aliphatic carbocycles. The third-order valence-electron chi connectivity index (χ3n) is 4.25. The van der Waals surface area contributed by atoms with Gasteiger partial charge in [-0.3, -0.25) is 0 Å². The van der Waals surface area contributed by atoms with Crippen LogP contribution in [0.3, 0.4) is 0 Å². The van der Waals surface area contributed by atoms with Crippen molar-refractivity contribution in [3.8, 4) is 5.75 Å². The molecule has 0 atom stereocenters. The summed E-state index contributed by atoms with van der Waals surface area (Å²) < 4.78 is 35.6. The molecule has 0 aliphatic rings. The lowest BCUT2D eigenvalue weighted by molar-refractivity contribution is 0.464. The van der Waals surface area contributed by atoms with Gasteiger partial charge in [0.25, 0.3) is 0 Å². The van der Waals surface area contributed by atoms with Gasteiger partial charge in [0, 0.05) is 10.8 Å². The van der Waals surface area contributed by atoms with Crippen LogP contribution in [0.4, 0.5) is 11.4 Å². The number of benzene rings is 4. The topological polar surface area (TPSA) is 102 Å². The average Bonchev–Trinajstić information content (AvgIpc) is 2.66. The first kappa shape index (κ1) is 17.1. The van der Waals surface area contributed by atoms with Crippen molar-refractivity contribution < 1.29 is 18.1 Å². The number of phenolic OH excluding ortho intramolecular Hbond substituents is 1. The van der Waals surface area contributed by atoms with Crippen LogP contribution in [0.2, 0.25) is 0 Å². The molecule has 0 unspecified atom stereocenters. The van der Waals surface area contributed by atoms with E-state index < -0.39 is 15.0 Å². The molecule has 4 rings (SSSR count). The molecule has 27 heavy (non-hydrogen) atoms. The van der Waals surface area contributed by atoms with E-state index in [1.807, 2.05) is 12.1 Å². The van der Waals surface area contributed by atoms with Crippen molar-refractivity contribution in [2.24, 2.45) is 10.2 Å². The fourth-order valence-electron chi connectivity index (χ4n) is 3.03. The Bertz CT molecular complexity index is 1310. The Morgan fingerprint density at radius 2 is 1.33 bits per heavy atom. The van der Waals surface area contributed by atoms with Crippen LogP contribution < -0.4 is 0 Å². The van der Waals surface area contributed by atoms with Gasteiger partial charge in [0.1, 0.15) is 27.2 Å². The van der Waals surface area contributed by atoms with Crippen LogP contribution in [-0.4, -0.2) is 18.1 Å². The minimum absolute atomic E-state index is 0.0731. The van der Waals surface area contributed by atoms with Gasteiger partial charge in [0.05, 0.1) is 4.90 Å². The Balaban J connectivity index is 1.94. The maximum Gasteiger partial charge on any atom is 0.143 e. The van der Waals surface area contributed by atoms with Crippen molar-refractivity contribution in [3.63, 3.8) is 0 Å². The second-order valence-electron chi connectivity index (χ2n) is 5.94. The molecule has 0 amide bonds. The number of fused-ring (bicyclic) bond motifs is 2. The van der Waals surface area contributed by atoms with Gasteiger partial charge in [-0.25, -0.2) is 8.42 Å². The number of aromatic hydroxyl groups is 1. The van der Waals surface area contributed by atoms with Crippen molar-refractivity contribution in [1.29, 1.82) is 0 Å². The first-order chi connectivity index (χ1) is 12.9. The van der Waals surface area contributed by atoms with Crippen LogP contribution in [0.1, 0.15) is 0 Å². The number of hydrogen-bond donors (Lipinski definition) is 1. The van der Waals surface area contributed by atoms with Gasteiger partial charge < -0.3 is 9.66 Å². The third kappa shape index (κ3) is 3.14. The van der Waals surface area contributed by atoms with Crippen LogP contribution >= 0.6 is 0 Å². The summed E-state index contributed by atoms with van der Waals surface area (Å²) in [5, 5.41) is 20.6. The fourth-order valence-corrected chi connectivity index (χ4v) is 3.85. The molecule has 134 valence electrons. The summed E-state index contributed by atoms with van der Waals surface area (Å²) in [6, 6.07) is 20.3. The van der Waals surface area contributed by atoms with Gasteiger partial charge in [-0.2, -0.15) is 0 Å².